The van der Waals surface area contributed by atoms with Crippen LogP contribution in [0, 0.1) is 0 Å². The van der Waals surface area contributed by atoms with Crippen LogP contribution in [0.15, 0.2) is 16.8 Å². The van der Waals surface area contributed by atoms with E-state index in [0.717, 1.165) is 25.0 Å². The fourth-order valence-corrected chi connectivity index (χ4v) is 2.38. The van der Waals surface area contributed by atoms with Crippen LogP contribution in [-0.4, -0.2) is 23.2 Å². The number of aliphatic hydroxyl groups is 1. The molecule has 1 heterocycles. The van der Waals surface area contributed by atoms with Crippen molar-refractivity contribution in [1.29, 1.82) is 0 Å². The summed E-state index contributed by atoms with van der Waals surface area (Å²) in [6.07, 6.45) is 4.79. The highest BCUT2D eigenvalue weighted by Gasteiger charge is 2.03. The van der Waals surface area contributed by atoms with Gasteiger partial charge in [-0.15, -0.1) is 0 Å². The number of aryl methyl sites for hydroxylation is 1. The largest absolute Gasteiger partial charge is 0.393 e. The van der Waals surface area contributed by atoms with E-state index in [1.807, 2.05) is 0 Å². The fraction of sp³-hybridized carbons (Fsp3) is 0.600. The standard InChI is InChI=1S/C10H16OS2/c1-12-6-5-10(11)3-2-9-4-7-13-8-9/h4,7-8,10-11H,2-3,5-6H2,1H3. The Morgan fingerprint density at radius 2 is 2.38 bits per heavy atom. The van der Waals surface area contributed by atoms with Crippen LogP contribution < -0.4 is 0 Å². The molecule has 1 rings (SSSR count). The molecule has 1 unspecified atom stereocenters. The molecule has 1 nitrogen and oxygen atoms in total. The number of rotatable bonds is 6. The third kappa shape index (κ3) is 4.69. The molecule has 0 bridgehead atoms. The topological polar surface area (TPSA) is 20.2 Å². The van der Waals surface area contributed by atoms with Gasteiger partial charge in [-0.3, -0.25) is 0 Å². The van der Waals surface area contributed by atoms with Gasteiger partial charge in [0.05, 0.1) is 6.10 Å². The van der Waals surface area contributed by atoms with Crippen molar-refractivity contribution in [3.05, 3.63) is 22.4 Å². The summed E-state index contributed by atoms with van der Waals surface area (Å²) in [4.78, 5) is 0. The van der Waals surface area contributed by atoms with Crippen molar-refractivity contribution in [2.24, 2.45) is 0 Å². The molecule has 1 aromatic rings. The zero-order valence-electron chi connectivity index (χ0n) is 7.90. The van der Waals surface area contributed by atoms with Crippen LogP contribution in [0.25, 0.3) is 0 Å². The molecule has 0 spiro atoms. The second-order valence-electron chi connectivity index (χ2n) is 3.11. The van der Waals surface area contributed by atoms with Crippen LogP contribution >= 0.6 is 23.1 Å². The second kappa shape index (κ2) is 6.46. The number of hydrogen-bond acceptors (Lipinski definition) is 3. The molecule has 13 heavy (non-hydrogen) atoms. The first-order valence-corrected chi connectivity index (χ1v) is 6.84. The molecule has 0 fully saturated rings. The van der Waals surface area contributed by atoms with Crippen LogP contribution in [0.5, 0.6) is 0 Å². The van der Waals surface area contributed by atoms with Gasteiger partial charge in [0.2, 0.25) is 0 Å². The van der Waals surface area contributed by atoms with E-state index in [9.17, 15) is 5.11 Å². The fourth-order valence-electron chi connectivity index (χ4n) is 1.17. The van der Waals surface area contributed by atoms with Gasteiger partial charge >= 0.3 is 0 Å². The van der Waals surface area contributed by atoms with E-state index >= 15 is 0 Å². The summed E-state index contributed by atoms with van der Waals surface area (Å²) in [5, 5.41) is 13.8. The van der Waals surface area contributed by atoms with Gasteiger partial charge in [-0.2, -0.15) is 23.1 Å². The van der Waals surface area contributed by atoms with Crippen LogP contribution in [0.1, 0.15) is 18.4 Å². The van der Waals surface area contributed by atoms with E-state index in [0.29, 0.717) is 0 Å². The Morgan fingerprint density at radius 3 is 3.00 bits per heavy atom. The molecule has 1 N–H and O–H groups in total. The highest BCUT2D eigenvalue weighted by Crippen LogP contribution is 2.11. The first kappa shape index (κ1) is 11.1. The number of thioether (sulfide) groups is 1. The van der Waals surface area contributed by atoms with E-state index in [4.69, 9.17) is 0 Å². The minimum Gasteiger partial charge on any atom is -0.393 e. The lowest BCUT2D eigenvalue weighted by molar-refractivity contribution is 0.162. The van der Waals surface area contributed by atoms with Crippen molar-refractivity contribution in [1.82, 2.24) is 0 Å². The average molecular weight is 216 g/mol. The van der Waals surface area contributed by atoms with Crippen molar-refractivity contribution >= 4 is 23.1 Å². The molecule has 0 aromatic carbocycles. The maximum atomic E-state index is 9.57. The Labute approximate surface area is 88.2 Å². The van der Waals surface area contributed by atoms with Crippen molar-refractivity contribution in [2.45, 2.75) is 25.4 Å². The van der Waals surface area contributed by atoms with Gasteiger partial charge in [-0.25, -0.2) is 0 Å². The first-order valence-electron chi connectivity index (χ1n) is 4.51. The van der Waals surface area contributed by atoms with Gasteiger partial charge < -0.3 is 5.11 Å². The van der Waals surface area contributed by atoms with Gasteiger partial charge in [0.15, 0.2) is 0 Å². The zero-order chi connectivity index (χ0) is 9.52. The van der Waals surface area contributed by atoms with Crippen LogP contribution in [-0.2, 0) is 6.42 Å². The van der Waals surface area contributed by atoms with E-state index in [1.165, 1.54) is 5.56 Å². The van der Waals surface area contributed by atoms with E-state index in [1.54, 1.807) is 23.1 Å². The maximum absolute atomic E-state index is 9.57. The molecule has 0 amide bonds. The van der Waals surface area contributed by atoms with Crippen LogP contribution in [0.4, 0.5) is 0 Å². The van der Waals surface area contributed by atoms with Crippen molar-refractivity contribution in [3.8, 4) is 0 Å². The highest BCUT2D eigenvalue weighted by atomic mass is 32.2. The zero-order valence-corrected chi connectivity index (χ0v) is 9.53. The van der Waals surface area contributed by atoms with Crippen molar-refractivity contribution < 1.29 is 5.11 Å². The third-order valence-corrected chi connectivity index (χ3v) is 3.38. The summed E-state index contributed by atoms with van der Waals surface area (Å²) in [5.74, 6) is 1.06. The lowest BCUT2D eigenvalue weighted by Gasteiger charge is -2.08. The molecule has 0 saturated carbocycles. The number of hydrogen-bond donors (Lipinski definition) is 1. The molecule has 74 valence electrons. The molecular weight excluding hydrogens is 200 g/mol. The summed E-state index contributed by atoms with van der Waals surface area (Å²) in [5.41, 5.74) is 1.35. The van der Waals surface area contributed by atoms with E-state index < -0.39 is 0 Å². The first-order chi connectivity index (χ1) is 6.33. The van der Waals surface area contributed by atoms with Gasteiger partial charge in [0.25, 0.3) is 0 Å². The Bertz CT molecular complexity index is 209. The summed E-state index contributed by atoms with van der Waals surface area (Å²) in [6.45, 7) is 0. The minimum atomic E-state index is -0.118. The van der Waals surface area contributed by atoms with E-state index in [2.05, 4.69) is 23.1 Å². The van der Waals surface area contributed by atoms with Crippen LogP contribution in [0.3, 0.4) is 0 Å². The molecule has 3 heteroatoms. The normalized spacial score (nSPS) is 13.1. The van der Waals surface area contributed by atoms with Crippen molar-refractivity contribution in [2.75, 3.05) is 12.0 Å². The third-order valence-electron chi connectivity index (χ3n) is 2.00. The Hall–Kier alpha value is 0.01000. The second-order valence-corrected chi connectivity index (χ2v) is 4.87. The lowest BCUT2D eigenvalue weighted by Crippen LogP contribution is -2.08. The summed E-state index contributed by atoms with van der Waals surface area (Å²) >= 11 is 3.52. The predicted molar refractivity (Wildman–Crippen MR) is 61.6 cm³/mol. The Balaban J connectivity index is 2.11. The van der Waals surface area contributed by atoms with Crippen molar-refractivity contribution in [3.63, 3.8) is 0 Å². The molecule has 0 aliphatic heterocycles. The minimum absolute atomic E-state index is 0.118. The van der Waals surface area contributed by atoms with Gasteiger partial charge in [0.1, 0.15) is 0 Å². The van der Waals surface area contributed by atoms with Gasteiger partial charge in [-0.1, -0.05) is 0 Å². The quantitative estimate of drug-likeness (QED) is 0.789. The Morgan fingerprint density at radius 1 is 1.54 bits per heavy atom. The monoisotopic (exact) mass is 216 g/mol. The Kier molecular flexibility index (Phi) is 5.51. The summed E-state index contributed by atoms with van der Waals surface area (Å²) < 4.78 is 0. The van der Waals surface area contributed by atoms with Gasteiger partial charge in [0, 0.05) is 0 Å². The maximum Gasteiger partial charge on any atom is 0.0551 e. The molecule has 0 aliphatic carbocycles. The molecule has 0 aliphatic rings. The SMILES string of the molecule is CSCCC(O)CCc1ccsc1. The van der Waals surface area contributed by atoms with E-state index in [-0.39, 0.29) is 6.10 Å². The highest BCUT2D eigenvalue weighted by molar-refractivity contribution is 7.98. The molecule has 0 saturated heterocycles. The summed E-state index contributed by atoms with van der Waals surface area (Å²) in [7, 11) is 0. The molecular formula is C10H16OS2. The summed E-state index contributed by atoms with van der Waals surface area (Å²) in [6, 6.07) is 2.13. The number of aliphatic hydroxyl groups excluding tert-OH is 1. The number of thiophene rings is 1. The van der Waals surface area contributed by atoms with Gasteiger partial charge in [-0.05, 0) is 53.7 Å². The molecule has 0 radical (unpaired) electrons. The molecule has 1 aromatic heterocycles. The lowest BCUT2D eigenvalue weighted by atomic mass is 10.1. The molecule has 1 atom stereocenters. The predicted octanol–water partition coefficient (Wildman–Crippen LogP) is 2.79. The van der Waals surface area contributed by atoms with Crippen LogP contribution in [0.2, 0.25) is 0 Å². The average Bonchev–Trinajstić information content (AvgIpc) is 2.64. The smallest absolute Gasteiger partial charge is 0.0551 e.